The molecular formula is C15H15N3O2S. The van der Waals surface area contributed by atoms with Crippen LogP contribution < -0.4 is 15.8 Å². The molecule has 6 heteroatoms. The molecule has 21 heavy (non-hydrogen) atoms. The summed E-state index contributed by atoms with van der Waals surface area (Å²) >= 11 is 4.73. The molecule has 0 radical (unpaired) electrons. The van der Waals surface area contributed by atoms with Gasteiger partial charge in [0.1, 0.15) is 17.3 Å². The van der Waals surface area contributed by atoms with Gasteiger partial charge in [0.15, 0.2) is 0 Å². The predicted molar refractivity (Wildman–Crippen MR) is 85.6 cm³/mol. The second-order valence-electron chi connectivity index (χ2n) is 4.37. The molecule has 0 fully saturated rings. The molecule has 0 atom stereocenters. The highest BCUT2D eigenvalue weighted by Crippen LogP contribution is 2.17. The first-order chi connectivity index (χ1) is 10.1. The standard InChI is InChI=1S/C15H15N3O2S/c1-10-13(3-2-8-17-10)15(19)18-11-4-6-12(7-5-11)20-9-14(16)21/h2-8H,9H2,1H3,(H2,16,21)(H,18,19). The summed E-state index contributed by atoms with van der Waals surface area (Å²) in [6.45, 7) is 1.98. The molecule has 0 aliphatic carbocycles. The van der Waals surface area contributed by atoms with Crippen LogP contribution in [0.15, 0.2) is 42.6 Å². The van der Waals surface area contributed by atoms with Gasteiger partial charge in [-0.05, 0) is 43.3 Å². The van der Waals surface area contributed by atoms with Gasteiger partial charge in [-0.3, -0.25) is 9.78 Å². The van der Waals surface area contributed by atoms with Gasteiger partial charge < -0.3 is 15.8 Å². The SMILES string of the molecule is Cc1ncccc1C(=O)Nc1ccc(OCC(N)=S)cc1. The van der Waals surface area contributed by atoms with Crippen LogP contribution in [-0.2, 0) is 0 Å². The van der Waals surface area contributed by atoms with Crippen molar-refractivity contribution in [3.8, 4) is 5.75 Å². The largest absolute Gasteiger partial charge is 0.487 e. The van der Waals surface area contributed by atoms with Crippen molar-refractivity contribution < 1.29 is 9.53 Å². The zero-order valence-electron chi connectivity index (χ0n) is 11.5. The fraction of sp³-hybridized carbons (Fsp3) is 0.133. The van der Waals surface area contributed by atoms with Crippen molar-refractivity contribution in [2.45, 2.75) is 6.92 Å². The number of aryl methyl sites for hydroxylation is 1. The van der Waals surface area contributed by atoms with E-state index in [1.54, 1.807) is 49.5 Å². The van der Waals surface area contributed by atoms with Gasteiger partial charge in [-0.2, -0.15) is 0 Å². The summed E-state index contributed by atoms with van der Waals surface area (Å²) < 4.78 is 5.34. The third-order valence-corrected chi connectivity index (χ3v) is 2.86. The molecule has 0 bridgehead atoms. The van der Waals surface area contributed by atoms with Crippen LogP contribution in [0.1, 0.15) is 16.1 Å². The fourth-order valence-electron chi connectivity index (χ4n) is 1.71. The molecule has 1 aromatic carbocycles. The fourth-order valence-corrected chi connectivity index (χ4v) is 1.77. The van der Waals surface area contributed by atoms with Crippen LogP contribution in [0.5, 0.6) is 5.75 Å². The summed E-state index contributed by atoms with van der Waals surface area (Å²) in [5.41, 5.74) is 7.26. The normalized spacial score (nSPS) is 9.95. The van der Waals surface area contributed by atoms with Crippen molar-refractivity contribution in [1.29, 1.82) is 0 Å². The zero-order chi connectivity index (χ0) is 15.2. The van der Waals surface area contributed by atoms with Gasteiger partial charge in [0.2, 0.25) is 0 Å². The molecule has 2 aromatic rings. The number of anilines is 1. The van der Waals surface area contributed by atoms with Gasteiger partial charge in [0.05, 0.1) is 5.56 Å². The molecule has 0 spiro atoms. The number of aromatic nitrogens is 1. The summed E-state index contributed by atoms with van der Waals surface area (Å²) in [7, 11) is 0. The van der Waals surface area contributed by atoms with E-state index < -0.39 is 0 Å². The number of pyridine rings is 1. The average Bonchev–Trinajstić information content (AvgIpc) is 2.47. The molecular weight excluding hydrogens is 286 g/mol. The monoisotopic (exact) mass is 301 g/mol. The highest BCUT2D eigenvalue weighted by molar-refractivity contribution is 7.80. The summed E-state index contributed by atoms with van der Waals surface area (Å²) in [4.78, 5) is 16.5. The Balaban J connectivity index is 2.02. The Morgan fingerprint density at radius 1 is 1.33 bits per heavy atom. The Kier molecular flexibility index (Phi) is 4.84. The van der Waals surface area contributed by atoms with Crippen LogP contribution >= 0.6 is 12.2 Å². The maximum absolute atomic E-state index is 12.1. The van der Waals surface area contributed by atoms with E-state index in [4.69, 9.17) is 22.7 Å². The molecule has 3 N–H and O–H groups in total. The number of carbonyl (C=O) groups is 1. The number of hydrogen-bond acceptors (Lipinski definition) is 4. The first-order valence-electron chi connectivity index (χ1n) is 6.30. The second kappa shape index (κ2) is 6.81. The molecule has 0 unspecified atom stereocenters. The number of nitrogens with zero attached hydrogens (tertiary/aromatic N) is 1. The van der Waals surface area contributed by atoms with Crippen molar-refractivity contribution in [2.24, 2.45) is 5.73 Å². The topological polar surface area (TPSA) is 77.2 Å². The summed E-state index contributed by atoms with van der Waals surface area (Å²) in [5, 5.41) is 2.81. The molecule has 1 amide bonds. The third-order valence-electron chi connectivity index (χ3n) is 2.74. The maximum Gasteiger partial charge on any atom is 0.257 e. The van der Waals surface area contributed by atoms with Gasteiger partial charge in [0, 0.05) is 17.6 Å². The zero-order valence-corrected chi connectivity index (χ0v) is 12.3. The number of nitrogens with one attached hydrogen (secondary N) is 1. The molecule has 0 saturated heterocycles. The summed E-state index contributed by atoms with van der Waals surface area (Å²) in [5.74, 6) is 0.441. The minimum absolute atomic E-state index is 0.190. The average molecular weight is 301 g/mol. The quantitative estimate of drug-likeness (QED) is 0.829. The van der Waals surface area contributed by atoms with E-state index in [9.17, 15) is 4.79 Å². The van der Waals surface area contributed by atoms with E-state index in [0.29, 0.717) is 27.7 Å². The van der Waals surface area contributed by atoms with Gasteiger partial charge in [-0.15, -0.1) is 0 Å². The highest BCUT2D eigenvalue weighted by atomic mass is 32.1. The lowest BCUT2D eigenvalue weighted by Gasteiger charge is -2.08. The Hall–Kier alpha value is -2.47. The second-order valence-corrected chi connectivity index (χ2v) is 4.89. The van der Waals surface area contributed by atoms with Crippen LogP contribution in [0.4, 0.5) is 5.69 Å². The van der Waals surface area contributed by atoms with Crippen molar-refractivity contribution >= 4 is 28.8 Å². The molecule has 2 rings (SSSR count). The van der Waals surface area contributed by atoms with Crippen LogP contribution in [0.3, 0.4) is 0 Å². The Morgan fingerprint density at radius 3 is 2.67 bits per heavy atom. The van der Waals surface area contributed by atoms with Crippen LogP contribution in [0.2, 0.25) is 0 Å². The van der Waals surface area contributed by atoms with E-state index in [1.165, 1.54) is 0 Å². The molecule has 1 aromatic heterocycles. The number of carbonyl (C=O) groups excluding carboxylic acids is 1. The van der Waals surface area contributed by atoms with Crippen LogP contribution in [0, 0.1) is 6.92 Å². The van der Waals surface area contributed by atoms with Gasteiger partial charge in [0.25, 0.3) is 5.91 Å². The van der Waals surface area contributed by atoms with Gasteiger partial charge >= 0.3 is 0 Å². The maximum atomic E-state index is 12.1. The Bertz CT molecular complexity index is 656. The van der Waals surface area contributed by atoms with Crippen LogP contribution in [-0.4, -0.2) is 22.5 Å². The summed E-state index contributed by atoms with van der Waals surface area (Å²) in [6.07, 6.45) is 1.65. The van der Waals surface area contributed by atoms with E-state index in [1.807, 2.05) is 0 Å². The molecule has 0 aliphatic rings. The first-order valence-corrected chi connectivity index (χ1v) is 6.71. The van der Waals surface area contributed by atoms with Crippen molar-refractivity contribution in [3.63, 3.8) is 0 Å². The Labute approximate surface area is 128 Å². The molecule has 0 saturated carbocycles. The van der Waals surface area contributed by atoms with Crippen molar-refractivity contribution in [1.82, 2.24) is 4.98 Å². The lowest BCUT2D eigenvalue weighted by atomic mass is 10.2. The number of nitrogens with two attached hydrogens (primary N) is 1. The van der Waals surface area contributed by atoms with E-state index in [-0.39, 0.29) is 12.5 Å². The van der Waals surface area contributed by atoms with Crippen molar-refractivity contribution in [3.05, 3.63) is 53.9 Å². The number of benzene rings is 1. The van der Waals surface area contributed by atoms with Gasteiger partial charge in [-0.25, -0.2) is 0 Å². The van der Waals surface area contributed by atoms with E-state index in [0.717, 1.165) is 0 Å². The minimum Gasteiger partial charge on any atom is -0.487 e. The lowest BCUT2D eigenvalue weighted by Crippen LogP contribution is -2.17. The Morgan fingerprint density at radius 2 is 2.05 bits per heavy atom. The van der Waals surface area contributed by atoms with Crippen LogP contribution in [0.25, 0.3) is 0 Å². The lowest BCUT2D eigenvalue weighted by molar-refractivity contribution is 0.102. The number of rotatable bonds is 5. The molecule has 108 valence electrons. The predicted octanol–water partition coefficient (Wildman–Crippen LogP) is 2.31. The molecule has 0 aliphatic heterocycles. The molecule has 5 nitrogen and oxygen atoms in total. The van der Waals surface area contributed by atoms with Crippen molar-refractivity contribution in [2.75, 3.05) is 11.9 Å². The highest BCUT2D eigenvalue weighted by Gasteiger charge is 2.09. The summed E-state index contributed by atoms with van der Waals surface area (Å²) in [6, 6.07) is 10.4. The minimum atomic E-state index is -0.197. The van der Waals surface area contributed by atoms with Gasteiger partial charge in [-0.1, -0.05) is 12.2 Å². The van der Waals surface area contributed by atoms with E-state index >= 15 is 0 Å². The number of hydrogen-bond donors (Lipinski definition) is 2. The van der Waals surface area contributed by atoms with E-state index in [2.05, 4.69) is 10.3 Å². The number of ether oxygens (including phenoxy) is 1. The number of thiocarbonyl (C=S) groups is 1. The number of amides is 1. The first kappa shape index (κ1) is 14.9. The molecule has 1 heterocycles. The third kappa shape index (κ3) is 4.25. The smallest absolute Gasteiger partial charge is 0.257 e.